The molecule has 1 unspecified atom stereocenters. The molecule has 0 heterocycles. The van der Waals surface area contributed by atoms with Crippen molar-refractivity contribution in [2.75, 3.05) is 24.5 Å². The van der Waals surface area contributed by atoms with Gasteiger partial charge >= 0.3 is 0 Å². The Morgan fingerprint density at radius 2 is 2.16 bits per heavy atom. The van der Waals surface area contributed by atoms with Crippen LogP contribution in [0.15, 0.2) is 18.2 Å². The number of amides is 1. The summed E-state index contributed by atoms with van der Waals surface area (Å²) in [7, 11) is 1.63. The maximum Gasteiger partial charge on any atom is 0.242 e. The number of rotatable bonds is 6. The van der Waals surface area contributed by atoms with Gasteiger partial charge in [-0.05, 0) is 31.9 Å². The number of halogens is 1. The van der Waals surface area contributed by atoms with Gasteiger partial charge in [0.2, 0.25) is 5.91 Å². The zero-order valence-corrected chi connectivity index (χ0v) is 12.8. The summed E-state index contributed by atoms with van der Waals surface area (Å²) in [4.78, 5) is 13.9. The fourth-order valence-corrected chi connectivity index (χ4v) is 2.36. The highest BCUT2D eigenvalue weighted by Gasteiger charge is 2.23. The molecule has 0 N–H and O–H groups in total. The topological polar surface area (TPSA) is 29.5 Å². The van der Waals surface area contributed by atoms with E-state index in [-0.39, 0.29) is 17.8 Å². The third-order valence-electron chi connectivity index (χ3n) is 3.11. The number of anilines is 1. The van der Waals surface area contributed by atoms with E-state index < -0.39 is 0 Å². The summed E-state index contributed by atoms with van der Waals surface area (Å²) in [5.41, 5.74) is 3.28. The third-order valence-corrected chi connectivity index (χ3v) is 3.34. The van der Waals surface area contributed by atoms with Crippen LogP contribution in [0, 0.1) is 6.92 Å². The van der Waals surface area contributed by atoms with Crippen LogP contribution >= 0.6 is 11.6 Å². The van der Waals surface area contributed by atoms with Crippen LogP contribution in [0.25, 0.3) is 0 Å². The monoisotopic (exact) mass is 283 g/mol. The zero-order chi connectivity index (χ0) is 14.4. The van der Waals surface area contributed by atoms with Crippen LogP contribution in [0.4, 0.5) is 5.69 Å². The molecule has 0 saturated carbocycles. The van der Waals surface area contributed by atoms with E-state index in [4.69, 9.17) is 16.3 Å². The zero-order valence-electron chi connectivity index (χ0n) is 12.1. The minimum Gasteiger partial charge on any atom is -0.383 e. The number of carbonyl (C=O) groups excluding carboxylic acids is 1. The average Bonchev–Trinajstić information content (AvgIpc) is 2.40. The number of ether oxygens (including phenoxy) is 1. The number of carbonyl (C=O) groups is 1. The fraction of sp³-hybridized carbons (Fsp3) is 0.533. The normalized spacial score (nSPS) is 12.3. The summed E-state index contributed by atoms with van der Waals surface area (Å²) in [6.45, 7) is 6.59. The number of methoxy groups -OCH3 is 1. The highest BCUT2D eigenvalue weighted by atomic mass is 35.5. The van der Waals surface area contributed by atoms with Crippen LogP contribution in [0.2, 0.25) is 0 Å². The SMILES string of the molecule is CCc1cc(C)ccc1N(C(=O)CCl)C(C)COC. The molecular weight excluding hydrogens is 262 g/mol. The largest absolute Gasteiger partial charge is 0.383 e. The number of benzene rings is 1. The van der Waals surface area contributed by atoms with E-state index in [0.717, 1.165) is 17.7 Å². The Balaban J connectivity index is 3.20. The number of nitrogens with zero attached hydrogens (tertiary/aromatic N) is 1. The molecule has 0 bridgehead atoms. The fourth-order valence-electron chi connectivity index (χ4n) is 2.23. The van der Waals surface area contributed by atoms with Gasteiger partial charge in [-0.1, -0.05) is 24.6 Å². The second-order valence-electron chi connectivity index (χ2n) is 4.69. The minimum absolute atomic E-state index is 0.0227. The first-order valence-electron chi connectivity index (χ1n) is 6.51. The van der Waals surface area contributed by atoms with Gasteiger partial charge in [-0.15, -0.1) is 11.6 Å². The molecule has 19 heavy (non-hydrogen) atoms. The molecule has 1 atom stereocenters. The summed E-state index contributed by atoms with van der Waals surface area (Å²) >= 11 is 5.74. The van der Waals surface area contributed by atoms with Gasteiger partial charge < -0.3 is 9.64 Å². The van der Waals surface area contributed by atoms with Crippen molar-refractivity contribution in [3.05, 3.63) is 29.3 Å². The minimum atomic E-state index is -0.0928. The van der Waals surface area contributed by atoms with Crippen molar-refractivity contribution in [1.29, 1.82) is 0 Å². The second-order valence-corrected chi connectivity index (χ2v) is 4.95. The molecule has 1 aromatic rings. The predicted molar refractivity (Wildman–Crippen MR) is 80.1 cm³/mol. The molecule has 1 aromatic carbocycles. The van der Waals surface area contributed by atoms with Gasteiger partial charge in [0.25, 0.3) is 0 Å². The first kappa shape index (κ1) is 16.0. The predicted octanol–water partition coefficient (Wildman–Crippen LogP) is 3.16. The molecule has 1 rings (SSSR count). The molecule has 0 radical (unpaired) electrons. The van der Waals surface area contributed by atoms with Gasteiger partial charge in [-0.25, -0.2) is 0 Å². The number of aryl methyl sites for hydroxylation is 2. The Morgan fingerprint density at radius 3 is 2.68 bits per heavy atom. The molecule has 3 nitrogen and oxygen atoms in total. The molecule has 4 heteroatoms. The smallest absolute Gasteiger partial charge is 0.242 e. The van der Waals surface area contributed by atoms with Gasteiger partial charge in [-0.3, -0.25) is 4.79 Å². The van der Waals surface area contributed by atoms with Gasteiger partial charge in [0.1, 0.15) is 5.88 Å². The summed E-state index contributed by atoms with van der Waals surface area (Å²) < 4.78 is 5.16. The van der Waals surface area contributed by atoms with E-state index in [1.165, 1.54) is 5.56 Å². The molecule has 0 aliphatic carbocycles. The average molecular weight is 284 g/mol. The van der Waals surface area contributed by atoms with Crippen molar-refractivity contribution < 1.29 is 9.53 Å². The van der Waals surface area contributed by atoms with Gasteiger partial charge in [0, 0.05) is 12.8 Å². The van der Waals surface area contributed by atoms with Crippen LogP contribution in [-0.4, -0.2) is 31.5 Å². The standard InChI is InChI=1S/C15H22ClNO2/c1-5-13-8-11(2)6-7-14(13)17(15(18)9-16)12(3)10-19-4/h6-8,12H,5,9-10H2,1-4H3. The summed E-state index contributed by atoms with van der Waals surface area (Å²) in [6, 6.07) is 6.08. The summed E-state index contributed by atoms with van der Waals surface area (Å²) in [5, 5.41) is 0. The van der Waals surface area contributed by atoms with Crippen LogP contribution in [-0.2, 0) is 16.0 Å². The Bertz CT molecular complexity index is 434. The van der Waals surface area contributed by atoms with Gasteiger partial charge in [0.05, 0.1) is 12.6 Å². The lowest BCUT2D eigenvalue weighted by atomic mass is 10.0. The highest BCUT2D eigenvalue weighted by Crippen LogP contribution is 2.25. The van der Waals surface area contributed by atoms with Crippen LogP contribution in [0.5, 0.6) is 0 Å². The quantitative estimate of drug-likeness (QED) is 0.751. The first-order chi connectivity index (χ1) is 9.04. The van der Waals surface area contributed by atoms with E-state index in [9.17, 15) is 4.79 Å². The van der Waals surface area contributed by atoms with E-state index in [2.05, 4.69) is 19.9 Å². The molecule has 0 saturated heterocycles. The number of alkyl halides is 1. The van der Waals surface area contributed by atoms with Crippen molar-refractivity contribution in [2.45, 2.75) is 33.2 Å². The molecule has 0 aliphatic heterocycles. The number of hydrogen-bond acceptors (Lipinski definition) is 2. The number of hydrogen-bond donors (Lipinski definition) is 0. The Labute approximate surface area is 120 Å². The Morgan fingerprint density at radius 1 is 1.47 bits per heavy atom. The lowest BCUT2D eigenvalue weighted by Gasteiger charge is -2.30. The van der Waals surface area contributed by atoms with E-state index in [0.29, 0.717) is 6.61 Å². The summed E-state index contributed by atoms with van der Waals surface area (Å²) in [6.07, 6.45) is 0.878. The van der Waals surface area contributed by atoms with Gasteiger partial charge in [-0.2, -0.15) is 0 Å². The van der Waals surface area contributed by atoms with E-state index in [1.807, 2.05) is 19.1 Å². The Kier molecular flexibility index (Phi) is 6.32. The van der Waals surface area contributed by atoms with Gasteiger partial charge in [0.15, 0.2) is 0 Å². The lowest BCUT2D eigenvalue weighted by Crippen LogP contribution is -2.42. The maximum absolute atomic E-state index is 12.1. The molecule has 0 aliphatic rings. The first-order valence-corrected chi connectivity index (χ1v) is 7.05. The van der Waals surface area contributed by atoms with E-state index in [1.54, 1.807) is 12.0 Å². The molecule has 0 spiro atoms. The van der Waals surface area contributed by atoms with Crippen molar-refractivity contribution in [2.24, 2.45) is 0 Å². The molecule has 0 fully saturated rings. The summed E-state index contributed by atoms with van der Waals surface area (Å²) in [5.74, 6) is -0.116. The maximum atomic E-state index is 12.1. The van der Waals surface area contributed by atoms with Crippen LogP contribution in [0.3, 0.4) is 0 Å². The molecular formula is C15H22ClNO2. The van der Waals surface area contributed by atoms with Crippen molar-refractivity contribution in [3.8, 4) is 0 Å². The lowest BCUT2D eigenvalue weighted by molar-refractivity contribution is -0.116. The van der Waals surface area contributed by atoms with Crippen molar-refractivity contribution >= 4 is 23.2 Å². The molecule has 0 aromatic heterocycles. The van der Waals surface area contributed by atoms with E-state index >= 15 is 0 Å². The van der Waals surface area contributed by atoms with Crippen LogP contribution < -0.4 is 4.90 Å². The molecule has 106 valence electrons. The van der Waals surface area contributed by atoms with Crippen LogP contribution in [0.1, 0.15) is 25.0 Å². The Hall–Kier alpha value is -1.06. The van der Waals surface area contributed by atoms with Crippen molar-refractivity contribution in [1.82, 2.24) is 0 Å². The highest BCUT2D eigenvalue weighted by molar-refractivity contribution is 6.29. The molecule has 1 amide bonds. The van der Waals surface area contributed by atoms with Crippen molar-refractivity contribution in [3.63, 3.8) is 0 Å². The third kappa shape index (κ3) is 3.95. The second kappa shape index (κ2) is 7.51.